The summed E-state index contributed by atoms with van der Waals surface area (Å²) in [5.41, 5.74) is 0.806. The lowest BCUT2D eigenvalue weighted by Crippen LogP contribution is -2.42. The van der Waals surface area contributed by atoms with E-state index in [0.717, 1.165) is 53.7 Å². The number of ether oxygens (including phenoxy) is 1. The van der Waals surface area contributed by atoms with Gasteiger partial charge in [-0.25, -0.2) is 0 Å². The predicted molar refractivity (Wildman–Crippen MR) is 110 cm³/mol. The number of rotatable bonds is 5. The summed E-state index contributed by atoms with van der Waals surface area (Å²) < 4.78 is 5.61. The molecule has 7 heteroatoms. The van der Waals surface area contributed by atoms with Gasteiger partial charge in [0.05, 0.1) is 11.0 Å². The van der Waals surface area contributed by atoms with E-state index in [-0.39, 0.29) is 23.8 Å². The van der Waals surface area contributed by atoms with Gasteiger partial charge in [0.2, 0.25) is 5.91 Å². The van der Waals surface area contributed by atoms with Gasteiger partial charge in [0.1, 0.15) is 12.3 Å². The lowest BCUT2D eigenvalue weighted by molar-refractivity contribution is -0.135. The van der Waals surface area contributed by atoms with E-state index in [9.17, 15) is 14.4 Å². The number of thioether (sulfide) groups is 1. The molecule has 0 aliphatic carbocycles. The first kappa shape index (κ1) is 20.5. The third kappa shape index (κ3) is 5.16. The highest BCUT2D eigenvalue weighted by molar-refractivity contribution is 8.18. The predicted octanol–water partition coefficient (Wildman–Crippen LogP) is 3.91. The minimum absolute atomic E-state index is 0.0871. The normalized spacial score (nSPS) is 19.5. The van der Waals surface area contributed by atoms with Crippen LogP contribution >= 0.6 is 11.8 Å². The van der Waals surface area contributed by atoms with Gasteiger partial charge in [0.15, 0.2) is 0 Å². The molecule has 2 aliphatic rings. The first-order valence-electron chi connectivity index (χ1n) is 9.74. The average Bonchev–Trinajstić information content (AvgIpc) is 2.87. The van der Waals surface area contributed by atoms with Crippen molar-refractivity contribution >= 4 is 34.9 Å². The summed E-state index contributed by atoms with van der Waals surface area (Å²) in [5, 5.41) is -0.390. The molecule has 1 aromatic rings. The molecular weight excluding hydrogens is 376 g/mol. The van der Waals surface area contributed by atoms with E-state index in [1.165, 1.54) is 0 Å². The molecule has 1 aromatic carbocycles. The molecule has 6 nitrogen and oxygen atoms in total. The van der Waals surface area contributed by atoms with Gasteiger partial charge in [-0.05, 0) is 62.2 Å². The summed E-state index contributed by atoms with van der Waals surface area (Å²) in [6.07, 6.45) is 5.96. The second-order valence-electron chi connectivity index (χ2n) is 7.30. The first-order chi connectivity index (χ1) is 13.4. The third-order valence-electron chi connectivity index (χ3n) is 4.68. The molecule has 0 saturated carbocycles. The van der Waals surface area contributed by atoms with Crippen molar-refractivity contribution in [3.05, 3.63) is 34.7 Å². The third-order valence-corrected chi connectivity index (χ3v) is 5.58. The Labute approximate surface area is 169 Å². The van der Waals surface area contributed by atoms with Gasteiger partial charge in [0.25, 0.3) is 11.1 Å². The van der Waals surface area contributed by atoms with E-state index < -0.39 is 5.91 Å². The second kappa shape index (κ2) is 9.28. The van der Waals surface area contributed by atoms with Crippen molar-refractivity contribution in [1.82, 2.24) is 9.80 Å². The standard InChI is InChI=1S/C21H26N2O4S/c1-15(2)27-17-9-7-16(8-10-17)13-18-20(25)23(21(26)28-18)14-19(24)22-11-5-3-4-6-12-22/h7-10,13,15H,3-6,11-12,14H2,1-2H3. The Balaban J connectivity index is 1.65. The Morgan fingerprint density at radius 1 is 1.11 bits per heavy atom. The van der Waals surface area contributed by atoms with Crippen molar-refractivity contribution < 1.29 is 19.1 Å². The zero-order chi connectivity index (χ0) is 20.1. The smallest absolute Gasteiger partial charge is 0.294 e. The van der Waals surface area contributed by atoms with Gasteiger partial charge in [-0.1, -0.05) is 25.0 Å². The molecule has 0 unspecified atom stereocenters. The summed E-state index contributed by atoms with van der Waals surface area (Å²) in [7, 11) is 0. The quantitative estimate of drug-likeness (QED) is 0.699. The van der Waals surface area contributed by atoms with Gasteiger partial charge in [-0.2, -0.15) is 0 Å². The molecule has 0 N–H and O–H groups in total. The van der Waals surface area contributed by atoms with E-state index in [2.05, 4.69) is 0 Å². The molecule has 2 fully saturated rings. The number of hydrogen-bond donors (Lipinski definition) is 0. The van der Waals surface area contributed by atoms with Crippen LogP contribution in [0.25, 0.3) is 6.08 Å². The van der Waals surface area contributed by atoms with Crippen LogP contribution in [-0.4, -0.2) is 52.6 Å². The molecule has 2 saturated heterocycles. The number of benzene rings is 1. The molecule has 3 amide bonds. The highest BCUT2D eigenvalue weighted by atomic mass is 32.2. The van der Waals surface area contributed by atoms with Gasteiger partial charge in [-0.15, -0.1) is 0 Å². The molecule has 0 aromatic heterocycles. The van der Waals surface area contributed by atoms with Crippen LogP contribution in [0.1, 0.15) is 45.1 Å². The number of carbonyl (C=O) groups is 3. The lowest BCUT2D eigenvalue weighted by atomic mass is 10.2. The van der Waals surface area contributed by atoms with Crippen LogP contribution < -0.4 is 4.74 Å². The van der Waals surface area contributed by atoms with E-state index in [4.69, 9.17) is 4.74 Å². The van der Waals surface area contributed by atoms with E-state index in [0.29, 0.717) is 18.0 Å². The van der Waals surface area contributed by atoms with Crippen LogP contribution in [0, 0.1) is 0 Å². The van der Waals surface area contributed by atoms with Crippen molar-refractivity contribution in [2.75, 3.05) is 19.6 Å². The number of nitrogens with zero attached hydrogens (tertiary/aromatic N) is 2. The molecule has 28 heavy (non-hydrogen) atoms. The number of imide groups is 1. The maximum absolute atomic E-state index is 12.6. The van der Waals surface area contributed by atoms with Crippen LogP contribution in [0.4, 0.5) is 4.79 Å². The fourth-order valence-electron chi connectivity index (χ4n) is 3.26. The van der Waals surface area contributed by atoms with Crippen LogP contribution in [0.15, 0.2) is 29.2 Å². The summed E-state index contributed by atoms with van der Waals surface area (Å²) in [5.74, 6) is 0.199. The summed E-state index contributed by atoms with van der Waals surface area (Å²) in [4.78, 5) is 40.6. The Morgan fingerprint density at radius 3 is 2.36 bits per heavy atom. The summed E-state index contributed by atoms with van der Waals surface area (Å²) in [6, 6.07) is 7.35. The van der Waals surface area contributed by atoms with Gasteiger partial charge >= 0.3 is 0 Å². The summed E-state index contributed by atoms with van der Waals surface area (Å²) >= 11 is 0.881. The first-order valence-corrected chi connectivity index (χ1v) is 10.6. The van der Waals surface area contributed by atoms with Crippen LogP contribution in [-0.2, 0) is 9.59 Å². The van der Waals surface area contributed by atoms with Crippen LogP contribution in [0.2, 0.25) is 0 Å². The Kier molecular flexibility index (Phi) is 6.78. The van der Waals surface area contributed by atoms with Gasteiger partial charge < -0.3 is 9.64 Å². The zero-order valence-corrected chi connectivity index (χ0v) is 17.2. The van der Waals surface area contributed by atoms with Crippen molar-refractivity contribution in [3.63, 3.8) is 0 Å². The van der Waals surface area contributed by atoms with E-state index in [1.54, 1.807) is 11.0 Å². The molecule has 2 heterocycles. The second-order valence-corrected chi connectivity index (χ2v) is 8.29. The largest absolute Gasteiger partial charge is 0.491 e. The SMILES string of the molecule is CC(C)Oc1ccc(C=C2SC(=O)N(CC(=O)N3CCCCCC3)C2=O)cc1. The Bertz CT molecular complexity index is 765. The average molecular weight is 403 g/mol. The van der Waals surface area contributed by atoms with Gasteiger partial charge in [0, 0.05) is 13.1 Å². The molecule has 0 spiro atoms. The fourth-order valence-corrected chi connectivity index (χ4v) is 4.10. The highest BCUT2D eigenvalue weighted by Crippen LogP contribution is 2.32. The minimum atomic E-state index is -0.402. The van der Waals surface area contributed by atoms with Crippen LogP contribution in [0.3, 0.4) is 0 Å². The van der Waals surface area contributed by atoms with E-state index in [1.807, 2.05) is 38.1 Å². The van der Waals surface area contributed by atoms with Crippen LogP contribution in [0.5, 0.6) is 5.75 Å². The fraction of sp³-hybridized carbons (Fsp3) is 0.476. The number of amides is 3. The molecule has 150 valence electrons. The number of likely N-dealkylation sites (tertiary alicyclic amines) is 1. The Hall–Kier alpha value is -2.28. The number of carbonyl (C=O) groups excluding carboxylic acids is 3. The molecule has 0 atom stereocenters. The summed E-state index contributed by atoms with van der Waals surface area (Å²) in [6.45, 7) is 5.14. The molecule has 0 radical (unpaired) electrons. The van der Waals surface area contributed by atoms with Crippen molar-refractivity contribution in [2.24, 2.45) is 0 Å². The monoisotopic (exact) mass is 402 g/mol. The molecule has 3 rings (SSSR count). The molecular formula is C21H26N2O4S. The Morgan fingerprint density at radius 2 is 1.75 bits per heavy atom. The zero-order valence-electron chi connectivity index (χ0n) is 16.3. The van der Waals surface area contributed by atoms with E-state index >= 15 is 0 Å². The van der Waals surface area contributed by atoms with Gasteiger partial charge in [-0.3, -0.25) is 19.3 Å². The van der Waals surface area contributed by atoms with Crippen molar-refractivity contribution in [3.8, 4) is 5.75 Å². The highest BCUT2D eigenvalue weighted by Gasteiger charge is 2.37. The lowest BCUT2D eigenvalue weighted by Gasteiger charge is -2.22. The maximum atomic E-state index is 12.6. The topological polar surface area (TPSA) is 66.9 Å². The maximum Gasteiger partial charge on any atom is 0.294 e. The van der Waals surface area contributed by atoms with Crippen molar-refractivity contribution in [1.29, 1.82) is 0 Å². The molecule has 2 aliphatic heterocycles. The minimum Gasteiger partial charge on any atom is -0.491 e. The molecule has 0 bridgehead atoms. The van der Waals surface area contributed by atoms with Crippen molar-refractivity contribution in [2.45, 2.75) is 45.6 Å². The number of hydrogen-bond acceptors (Lipinski definition) is 5.